The minimum Gasteiger partial charge on any atom is -0.466 e. The molecule has 1 aromatic heterocycles. The van der Waals surface area contributed by atoms with Gasteiger partial charge in [0.1, 0.15) is 5.82 Å². The summed E-state index contributed by atoms with van der Waals surface area (Å²) < 4.78 is 17.6. The highest BCUT2D eigenvalue weighted by Crippen LogP contribution is 2.14. The average molecular weight is 268 g/mol. The predicted molar refractivity (Wildman–Crippen MR) is 71.1 cm³/mol. The van der Waals surface area contributed by atoms with Gasteiger partial charge >= 0.3 is 5.97 Å². The van der Waals surface area contributed by atoms with Crippen molar-refractivity contribution in [1.29, 1.82) is 0 Å². The van der Waals surface area contributed by atoms with Gasteiger partial charge in [-0.1, -0.05) is 6.92 Å². The number of rotatable bonds is 8. The third-order valence-corrected chi connectivity index (χ3v) is 2.77. The highest BCUT2D eigenvalue weighted by atomic mass is 19.1. The van der Waals surface area contributed by atoms with Gasteiger partial charge in [0.15, 0.2) is 0 Å². The van der Waals surface area contributed by atoms with Crippen molar-refractivity contribution in [1.82, 2.24) is 10.3 Å². The Morgan fingerprint density at radius 2 is 2.26 bits per heavy atom. The summed E-state index contributed by atoms with van der Waals surface area (Å²) in [5.41, 5.74) is 0.819. The lowest BCUT2D eigenvalue weighted by atomic mass is 10.1. The van der Waals surface area contributed by atoms with Gasteiger partial charge in [-0.05, 0) is 38.4 Å². The topological polar surface area (TPSA) is 51.2 Å². The van der Waals surface area contributed by atoms with Crippen molar-refractivity contribution in [2.24, 2.45) is 0 Å². The molecule has 1 unspecified atom stereocenters. The summed E-state index contributed by atoms with van der Waals surface area (Å²) in [7, 11) is 0. The molecule has 1 rings (SSSR count). The van der Waals surface area contributed by atoms with Crippen LogP contribution < -0.4 is 5.32 Å². The molecular weight excluding hydrogens is 247 g/mol. The van der Waals surface area contributed by atoms with Crippen LogP contribution >= 0.6 is 0 Å². The molecule has 0 saturated carbocycles. The number of esters is 1. The predicted octanol–water partition coefficient (Wildman–Crippen LogP) is 2.60. The first-order valence-electron chi connectivity index (χ1n) is 6.67. The number of aromatic nitrogens is 1. The molecule has 0 radical (unpaired) electrons. The normalized spacial score (nSPS) is 12.2. The maximum atomic E-state index is 12.8. The second kappa shape index (κ2) is 8.58. The van der Waals surface area contributed by atoms with Gasteiger partial charge in [0.25, 0.3) is 0 Å². The zero-order valence-electron chi connectivity index (χ0n) is 11.5. The number of ether oxygens (including phenoxy) is 1. The van der Waals surface area contributed by atoms with Crippen LogP contribution in [0, 0.1) is 5.82 Å². The van der Waals surface area contributed by atoms with Gasteiger partial charge in [-0.25, -0.2) is 4.39 Å². The first kappa shape index (κ1) is 15.6. The SMILES string of the molecule is CCOC(=O)CCCNC(CC)c1ccc(F)cn1. The van der Waals surface area contributed by atoms with Gasteiger partial charge in [-0.2, -0.15) is 0 Å². The lowest BCUT2D eigenvalue weighted by molar-refractivity contribution is -0.143. The Morgan fingerprint density at radius 1 is 1.47 bits per heavy atom. The number of pyridine rings is 1. The van der Waals surface area contributed by atoms with E-state index in [-0.39, 0.29) is 17.8 Å². The number of halogens is 1. The fourth-order valence-electron chi connectivity index (χ4n) is 1.79. The van der Waals surface area contributed by atoms with E-state index >= 15 is 0 Å². The molecule has 4 nitrogen and oxygen atoms in total. The van der Waals surface area contributed by atoms with E-state index in [0.29, 0.717) is 19.6 Å². The third-order valence-electron chi connectivity index (χ3n) is 2.77. The van der Waals surface area contributed by atoms with Crippen molar-refractivity contribution in [3.05, 3.63) is 29.8 Å². The number of hydrogen-bond acceptors (Lipinski definition) is 4. The molecule has 0 amide bonds. The van der Waals surface area contributed by atoms with Crippen LogP contribution in [0.4, 0.5) is 4.39 Å². The molecule has 1 N–H and O–H groups in total. The molecule has 0 aromatic carbocycles. The lowest BCUT2D eigenvalue weighted by Gasteiger charge is -2.16. The molecule has 0 bridgehead atoms. The van der Waals surface area contributed by atoms with Crippen molar-refractivity contribution in [3.8, 4) is 0 Å². The van der Waals surface area contributed by atoms with Crippen LogP contribution in [0.5, 0.6) is 0 Å². The van der Waals surface area contributed by atoms with Gasteiger partial charge in [0.2, 0.25) is 0 Å². The number of nitrogens with zero attached hydrogens (tertiary/aromatic N) is 1. The molecule has 1 aromatic rings. The second-order valence-corrected chi connectivity index (χ2v) is 4.22. The standard InChI is InChI=1S/C14H21FN2O2/c1-3-12(13-8-7-11(15)10-17-13)16-9-5-6-14(18)19-4-2/h7-8,10,12,16H,3-6,9H2,1-2H3. The summed E-state index contributed by atoms with van der Waals surface area (Å²) >= 11 is 0. The van der Waals surface area contributed by atoms with Crippen molar-refractivity contribution < 1.29 is 13.9 Å². The van der Waals surface area contributed by atoms with Crippen LogP contribution in [-0.2, 0) is 9.53 Å². The van der Waals surface area contributed by atoms with Gasteiger partial charge < -0.3 is 10.1 Å². The Labute approximate surface area is 113 Å². The zero-order valence-corrected chi connectivity index (χ0v) is 11.5. The van der Waals surface area contributed by atoms with Crippen molar-refractivity contribution in [2.45, 2.75) is 39.2 Å². The van der Waals surface area contributed by atoms with E-state index in [1.54, 1.807) is 13.0 Å². The molecule has 5 heteroatoms. The minimum absolute atomic E-state index is 0.0859. The number of hydrogen-bond donors (Lipinski definition) is 1. The maximum Gasteiger partial charge on any atom is 0.305 e. The monoisotopic (exact) mass is 268 g/mol. The van der Waals surface area contributed by atoms with E-state index in [9.17, 15) is 9.18 Å². The first-order valence-corrected chi connectivity index (χ1v) is 6.67. The van der Waals surface area contributed by atoms with E-state index < -0.39 is 0 Å². The van der Waals surface area contributed by atoms with Gasteiger partial charge in [0, 0.05) is 12.5 Å². The molecule has 106 valence electrons. The molecular formula is C14H21FN2O2. The molecule has 0 aliphatic rings. The molecule has 0 fully saturated rings. The van der Waals surface area contributed by atoms with Crippen molar-refractivity contribution in [3.63, 3.8) is 0 Å². The van der Waals surface area contributed by atoms with Crippen LogP contribution in [0.1, 0.15) is 44.8 Å². The zero-order chi connectivity index (χ0) is 14.1. The quantitative estimate of drug-likeness (QED) is 0.581. The molecule has 1 heterocycles. The van der Waals surface area contributed by atoms with Crippen molar-refractivity contribution >= 4 is 5.97 Å². The smallest absolute Gasteiger partial charge is 0.305 e. The van der Waals surface area contributed by atoms with Crippen LogP contribution in [0.25, 0.3) is 0 Å². The van der Waals surface area contributed by atoms with Crippen molar-refractivity contribution in [2.75, 3.05) is 13.2 Å². The van der Waals surface area contributed by atoms with Gasteiger partial charge in [-0.15, -0.1) is 0 Å². The molecule has 19 heavy (non-hydrogen) atoms. The molecule has 0 aliphatic heterocycles. The summed E-state index contributed by atoms with van der Waals surface area (Å²) in [6.07, 6.45) is 3.21. The largest absolute Gasteiger partial charge is 0.466 e. The van der Waals surface area contributed by atoms with E-state index in [4.69, 9.17) is 4.74 Å². The van der Waals surface area contributed by atoms with Crippen LogP contribution in [0.3, 0.4) is 0 Å². The highest BCUT2D eigenvalue weighted by Gasteiger charge is 2.10. The van der Waals surface area contributed by atoms with E-state index in [0.717, 1.165) is 18.5 Å². The first-order chi connectivity index (χ1) is 9.17. The lowest BCUT2D eigenvalue weighted by Crippen LogP contribution is -2.23. The average Bonchev–Trinajstić information content (AvgIpc) is 2.41. The molecule has 1 atom stereocenters. The van der Waals surface area contributed by atoms with Crippen LogP contribution in [-0.4, -0.2) is 24.1 Å². The Morgan fingerprint density at radius 3 is 2.84 bits per heavy atom. The summed E-state index contributed by atoms with van der Waals surface area (Å²) in [5, 5.41) is 3.31. The second-order valence-electron chi connectivity index (χ2n) is 4.22. The summed E-state index contributed by atoms with van der Waals surface area (Å²) in [6.45, 7) is 4.96. The van der Waals surface area contributed by atoms with E-state index in [1.807, 2.05) is 6.92 Å². The summed E-state index contributed by atoms with van der Waals surface area (Å²) in [4.78, 5) is 15.2. The Balaban J connectivity index is 2.33. The Kier molecular flexibility index (Phi) is 7.03. The molecule has 0 saturated heterocycles. The molecule has 0 spiro atoms. The summed E-state index contributed by atoms with van der Waals surface area (Å²) in [5.74, 6) is -0.502. The summed E-state index contributed by atoms with van der Waals surface area (Å²) in [6, 6.07) is 3.18. The van der Waals surface area contributed by atoms with E-state index in [2.05, 4.69) is 10.3 Å². The number of carbonyl (C=O) groups excluding carboxylic acids is 1. The fraction of sp³-hybridized carbons (Fsp3) is 0.571. The van der Waals surface area contributed by atoms with Gasteiger partial charge in [0.05, 0.1) is 18.5 Å². The minimum atomic E-state index is -0.332. The molecule has 0 aliphatic carbocycles. The highest BCUT2D eigenvalue weighted by molar-refractivity contribution is 5.69. The Hall–Kier alpha value is -1.49. The van der Waals surface area contributed by atoms with Crippen LogP contribution in [0.15, 0.2) is 18.3 Å². The fourth-order valence-corrected chi connectivity index (χ4v) is 1.79. The van der Waals surface area contributed by atoms with Crippen LogP contribution in [0.2, 0.25) is 0 Å². The number of carbonyl (C=O) groups is 1. The third kappa shape index (κ3) is 5.79. The van der Waals surface area contributed by atoms with E-state index in [1.165, 1.54) is 12.3 Å². The Bertz CT molecular complexity index is 382. The maximum absolute atomic E-state index is 12.8. The number of nitrogens with one attached hydrogen (secondary N) is 1. The van der Waals surface area contributed by atoms with Gasteiger partial charge in [-0.3, -0.25) is 9.78 Å².